The zero-order valence-electron chi connectivity index (χ0n) is 15.2. The van der Waals surface area contributed by atoms with Gasteiger partial charge in [0.05, 0.1) is 19.9 Å². The highest BCUT2D eigenvalue weighted by molar-refractivity contribution is 7.60. The maximum atomic E-state index is 11.8. The fourth-order valence-electron chi connectivity index (χ4n) is 2.22. The van der Waals surface area contributed by atoms with Crippen LogP contribution in [0, 0.1) is 0 Å². The van der Waals surface area contributed by atoms with E-state index in [2.05, 4.69) is 4.31 Å². The highest BCUT2D eigenvalue weighted by atomic mass is 31.3. The van der Waals surface area contributed by atoms with Gasteiger partial charge < -0.3 is 34.4 Å². The van der Waals surface area contributed by atoms with Gasteiger partial charge in [0.1, 0.15) is 11.5 Å². The quantitative estimate of drug-likeness (QED) is 0.357. The lowest BCUT2D eigenvalue weighted by Gasteiger charge is -2.22. The number of anilines is 3. The van der Waals surface area contributed by atoms with Crippen molar-refractivity contribution in [1.82, 2.24) is 0 Å². The number of benzene rings is 2. The third-order valence-corrected chi connectivity index (χ3v) is 5.63. The maximum Gasteiger partial charge on any atom is 0.536 e. The minimum Gasteiger partial charge on any atom is -0.497 e. The van der Waals surface area contributed by atoms with Crippen molar-refractivity contribution in [3.63, 3.8) is 0 Å². The number of hydrogen-bond donors (Lipinski definition) is 4. The number of nitrogen functional groups attached to an aromatic ring is 1. The van der Waals surface area contributed by atoms with E-state index in [1.54, 1.807) is 36.2 Å². The molecule has 1 atom stereocenters. The molecule has 0 saturated heterocycles. The Morgan fingerprint density at radius 2 is 1.50 bits per heavy atom. The Morgan fingerprint density at radius 1 is 0.929 bits per heavy atom. The number of rotatable bonds is 8. The second kappa shape index (κ2) is 8.40. The third kappa shape index (κ3) is 5.87. The molecule has 0 bridgehead atoms. The normalized spacial score (nSPS) is 13.5. The van der Waals surface area contributed by atoms with Gasteiger partial charge in [0, 0.05) is 42.7 Å². The Balaban J connectivity index is 2.37. The summed E-state index contributed by atoms with van der Waals surface area (Å²) in [6.45, 7) is 0. The van der Waals surface area contributed by atoms with Crippen LogP contribution in [0.1, 0.15) is 0 Å². The van der Waals surface area contributed by atoms with E-state index in [4.69, 9.17) is 29.5 Å². The Hall–Kier alpha value is -2.26. The van der Waals surface area contributed by atoms with E-state index >= 15 is 0 Å². The zero-order chi connectivity index (χ0) is 21.1. The molecule has 0 aliphatic heterocycles. The van der Waals surface area contributed by atoms with Crippen LogP contribution in [-0.4, -0.2) is 35.9 Å². The average Bonchev–Trinajstić information content (AvgIpc) is 2.60. The first-order valence-corrected chi connectivity index (χ1v) is 10.6. The molecule has 2 aromatic carbocycles. The fourth-order valence-corrected chi connectivity index (χ4v) is 3.84. The number of ether oxygens (including phenoxy) is 2. The van der Waals surface area contributed by atoms with Crippen LogP contribution in [0.3, 0.4) is 0 Å². The first-order valence-electron chi connectivity index (χ1n) is 7.59. The largest absolute Gasteiger partial charge is 0.536 e. The minimum absolute atomic E-state index is 0.0380. The van der Waals surface area contributed by atoms with E-state index in [0.29, 0.717) is 22.9 Å². The molecule has 0 saturated carbocycles. The summed E-state index contributed by atoms with van der Waals surface area (Å²) >= 11 is 0. The monoisotopic (exact) mass is 434 g/mol. The fraction of sp³-hybridized carbons (Fsp3) is 0.200. The third-order valence-electron chi connectivity index (χ3n) is 3.53. The van der Waals surface area contributed by atoms with Crippen LogP contribution in [0.2, 0.25) is 0 Å². The molecule has 0 heterocycles. The first-order chi connectivity index (χ1) is 12.9. The summed E-state index contributed by atoms with van der Waals surface area (Å²) in [5.74, 6) is 0.796. The topological polar surface area (TPSA) is 161 Å². The van der Waals surface area contributed by atoms with Crippen molar-refractivity contribution in [3.05, 3.63) is 36.4 Å². The molecule has 11 nitrogen and oxygen atoms in total. The highest BCUT2D eigenvalue weighted by Gasteiger charge is 2.34. The van der Waals surface area contributed by atoms with Gasteiger partial charge in [0.2, 0.25) is 0 Å². The molecular weight excluding hydrogens is 414 g/mol. The number of nitrogens with zero attached hydrogens (tertiary/aromatic N) is 1. The number of methoxy groups -OCH3 is 2. The lowest BCUT2D eigenvalue weighted by Crippen LogP contribution is -2.10. The molecule has 13 heteroatoms. The van der Waals surface area contributed by atoms with Crippen molar-refractivity contribution >= 4 is 32.7 Å². The zero-order valence-corrected chi connectivity index (χ0v) is 17.0. The summed E-state index contributed by atoms with van der Waals surface area (Å²) in [4.78, 5) is 28.6. The SMILES string of the molecule is COc1cc(OC)cc(N(C)c2ccc(N)c(OP(=O)(O)OP(=O)(O)O)c2)c1. The van der Waals surface area contributed by atoms with Crippen molar-refractivity contribution < 1.29 is 42.1 Å². The molecule has 5 N–H and O–H groups in total. The molecule has 0 aliphatic carbocycles. The van der Waals surface area contributed by atoms with Crippen molar-refractivity contribution in [1.29, 1.82) is 0 Å². The summed E-state index contributed by atoms with van der Waals surface area (Å²) in [6, 6.07) is 9.47. The Kier molecular flexibility index (Phi) is 6.61. The van der Waals surface area contributed by atoms with Crippen molar-refractivity contribution in [2.75, 3.05) is 31.9 Å². The summed E-state index contributed by atoms with van der Waals surface area (Å²) < 4.78 is 41.5. The number of hydrogen-bond acceptors (Lipinski definition) is 8. The second-order valence-corrected chi connectivity index (χ2v) is 8.24. The average molecular weight is 434 g/mol. The second-order valence-electron chi connectivity index (χ2n) is 5.48. The molecule has 2 rings (SSSR count). The lowest BCUT2D eigenvalue weighted by molar-refractivity contribution is 0.230. The van der Waals surface area contributed by atoms with E-state index in [-0.39, 0.29) is 11.4 Å². The minimum atomic E-state index is -5.25. The van der Waals surface area contributed by atoms with Crippen LogP contribution in [-0.2, 0) is 13.4 Å². The molecule has 28 heavy (non-hydrogen) atoms. The van der Waals surface area contributed by atoms with Gasteiger partial charge in [0.25, 0.3) is 0 Å². The molecule has 0 fully saturated rings. The summed E-state index contributed by atoms with van der Waals surface area (Å²) in [5.41, 5.74) is 6.83. The van der Waals surface area contributed by atoms with E-state index in [0.717, 1.165) is 0 Å². The summed E-state index contributed by atoms with van der Waals surface area (Å²) in [5, 5.41) is 0. The Labute approximate surface area is 161 Å². The van der Waals surface area contributed by atoms with Crippen molar-refractivity contribution in [2.24, 2.45) is 0 Å². The standard InChI is InChI=1S/C15H20N2O9P2/c1-17(11-6-12(23-2)9-13(7-11)24-3)10-4-5-14(16)15(8-10)25-28(21,22)26-27(18,19)20/h4-9H,16H2,1-3H3,(H,21,22)(H2,18,19,20). The molecule has 0 aromatic heterocycles. The number of phosphoric ester groups is 1. The van der Waals surface area contributed by atoms with Crippen LogP contribution in [0.25, 0.3) is 0 Å². The van der Waals surface area contributed by atoms with Crippen LogP contribution in [0.4, 0.5) is 17.1 Å². The molecule has 0 aliphatic rings. The Bertz CT molecular complexity index is 925. The van der Waals surface area contributed by atoms with Gasteiger partial charge >= 0.3 is 15.6 Å². The van der Waals surface area contributed by atoms with Crippen LogP contribution < -0.4 is 24.6 Å². The molecule has 1 unspecified atom stereocenters. The van der Waals surface area contributed by atoms with E-state index < -0.39 is 15.6 Å². The van der Waals surface area contributed by atoms with E-state index in [9.17, 15) is 14.0 Å². The van der Waals surface area contributed by atoms with Crippen LogP contribution in [0.5, 0.6) is 17.2 Å². The highest BCUT2D eigenvalue weighted by Crippen LogP contribution is 2.58. The molecule has 2 aromatic rings. The van der Waals surface area contributed by atoms with E-state index in [1.165, 1.54) is 26.4 Å². The van der Waals surface area contributed by atoms with Gasteiger partial charge in [-0.3, -0.25) is 4.89 Å². The van der Waals surface area contributed by atoms with Gasteiger partial charge in [-0.15, -0.1) is 0 Å². The predicted molar refractivity (Wildman–Crippen MR) is 102 cm³/mol. The molecular formula is C15H20N2O9P2. The summed E-state index contributed by atoms with van der Waals surface area (Å²) in [6.07, 6.45) is 0. The molecule has 154 valence electrons. The summed E-state index contributed by atoms with van der Waals surface area (Å²) in [7, 11) is -5.65. The molecule has 0 radical (unpaired) electrons. The van der Waals surface area contributed by atoms with Gasteiger partial charge in [-0.2, -0.15) is 4.31 Å². The maximum absolute atomic E-state index is 11.8. The van der Waals surface area contributed by atoms with E-state index in [1.807, 2.05) is 0 Å². The van der Waals surface area contributed by atoms with Crippen molar-refractivity contribution in [2.45, 2.75) is 0 Å². The van der Waals surface area contributed by atoms with Gasteiger partial charge in [-0.25, -0.2) is 9.13 Å². The van der Waals surface area contributed by atoms with Crippen molar-refractivity contribution in [3.8, 4) is 17.2 Å². The predicted octanol–water partition coefficient (Wildman–Crippen LogP) is 2.64. The lowest BCUT2D eigenvalue weighted by atomic mass is 10.2. The molecule has 0 amide bonds. The number of nitrogens with two attached hydrogens (primary N) is 1. The van der Waals surface area contributed by atoms with Gasteiger partial charge in [0.15, 0.2) is 5.75 Å². The molecule has 0 spiro atoms. The smallest absolute Gasteiger partial charge is 0.497 e. The van der Waals surface area contributed by atoms with Crippen LogP contribution >= 0.6 is 15.6 Å². The number of phosphoric acid groups is 2. The Morgan fingerprint density at radius 3 is 2.00 bits per heavy atom. The van der Waals surface area contributed by atoms with Gasteiger partial charge in [-0.05, 0) is 12.1 Å². The van der Waals surface area contributed by atoms with Crippen LogP contribution in [0.15, 0.2) is 36.4 Å². The van der Waals surface area contributed by atoms with Gasteiger partial charge in [-0.1, -0.05) is 0 Å². The first kappa shape index (κ1) is 22.0.